The lowest BCUT2D eigenvalue weighted by molar-refractivity contribution is -0.142. The standard InChI is InChI=1S/C20H26N6O5S/c21-8-17(27)24-14(6-12-4-2-1-3-5-12)18(28)26-16(10-32)19(29)25-15(20(30)31)7-13-9-22-11-23-13/h1-5,9,11,14-16,32H,6-8,10,21H2,(H,22,23)(H,24,27)(H,25,29)(H,26,28)(H,30,31). The molecule has 2 aromatic rings. The second-order valence-electron chi connectivity index (χ2n) is 6.94. The van der Waals surface area contributed by atoms with Gasteiger partial charge in [0.15, 0.2) is 0 Å². The highest BCUT2D eigenvalue weighted by Crippen LogP contribution is 2.05. The zero-order valence-electron chi connectivity index (χ0n) is 17.2. The number of benzene rings is 1. The number of carboxylic acids is 1. The molecule has 12 heteroatoms. The zero-order chi connectivity index (χ0) is 23.5. The Morgan fingerprint density at radius 1 is 1.00 bits per heavy atom. The predicted molar refractivity (Wildman–Crippen MR) is 119 cm³/mol. The van der Waals surface area contributed by atoms with Gasteiger partial charge in [0.05, 0.1) is 12.9 Å². The first-order valence-corrected chi connectivity index (χ1v) is 10.4. The molecule has 0 fully saturated rings. The fourth-order valence-corrected chi connectivity index (χ4v) is 3.12. The number of carbonyl (C=O) groups excluding carboxylic acids is 3. The van der Waals surface area contributed by atoms with Crippen molar-refractivity contribution in [1.82, 2.24) is 25.9 Å². The van der Waals surface area contributed by atoms with Crippen molar-refractivity contribution in [3.05, 3.63) is 54.1 Å². The SMILES string of the molecule is NCC(=O)NC(Cc1ccccc1)C(=O)NC(CS)C(=O)NC(Cc1cnc[nH]1)C(=O)O. The first-order valence-electron chi connectivity index (χ1n) is 9.79. The number of aromatic amines is 1. The number of aliphatic carboxylic acids is 1. The Balaban J connectivity index is 2.06. The molecule has 0 aliphatic heterocycles. The minimum absolute atomic E-state index is 0.0164. The molecular weight excluding hydrogens is 436 g/mol. The number of nitrogens with one attached hydrogen (secondary N) is 4. The molecule has 1 heterocycles. The minimum atomic E-state index is -1.24. The molecule has 0 radical (unpaired) electrons. The van der Waals surface area contributed by atoms with Crippen molar-refractivity contribution in [1.29, 1.82) is 0 Å². The van der Waals surface area contributed by atoms with Gasteiger partial charge in [0, 0.05) is 30.5 Å². The van der Waals surface area contributed by atoms with Crippen LogP contribution in [-0.4, -0.2) is 69.2 Å². The predicted octanol–water partition coefficient (Wildman–Crippen LogP) is -1.38. The van der Waals surface area contributed by atoms with E-state index < -0.39 is 41.8 Å². The normalized spacial score (nSPS) is 13.4. The van der Waals surface area contributed by atoms with Crippen LogP contribution in [0.3, 0.4) is 0 Å². The summed E-state index contributed by atoms with van der Waals surface area (Å²) in [5, 5.41) is 16.9. The Bertz CT molecular complexity index is 908. The number of amides is 3. The summed E-state index contributed by atoms with van der Waals surface area (Å²) in [4.78, 5) is 55.4. The fraction of sp³-hybridized carbons (Fsp3) is 0.350. The number of carbonyl (C=O) groups is 4. The van der Waals surface area contributed by atoms with Crippen molar-refractivity contribution in [3.63, 3.8) is 0 Å². The number of thiol groups is 1. The lowest BCUT2D eigenvalue weighted by atomic mass is 10.0. The van der Waals surface area contributed by atoms with Crippen LogP contribution in [0.4, 0.5) is 0 Å². The average Bonchev–Trinajstić information content (AvgIpc) is 3.30. The Morgan fingerprint density at radius 3 is 2.22 bits per heavy atom. The van der Waals surface area contributed by atoms with Crippen molar-refractivity contribution in [3.8, 4) is 0 Å². The molecule has 0 bridgehead atoms. The Labute approximate surface area is 190 Å². The maximum Gasteiger partial charge on any atom is 0.326 e. The van der Waals surface area contributed by atoms with Gasteiger partial charge in [-0.2, -0.15) is 12.6 Å². The van der Waals surface area contributed by atoms with Gasteiger partial charge in [-0.05, 0) is 5.56 Å². The van der Waals surface area contributed by atoms with E-state index >= 15 is 0 Å². The molecule has 32 heavy (non-hydrogen) atoms. The summed E-state index contributed by atoms with van der Waals surface area (Å²) in [5.41, 5.74) is 6.66. The van der Waals surface area contributed by atoms with Crippen LogP contribution in [0.1, 0.15) is 11.3 Å². The number of H-pyrrole nitrogens is 1. The zero-order valence-corrected chi connectivity index (χ0v) is 18.0. The fourth-order valence-electron chi connectivity index (χ4n) is 2.87. The van der Waals surface area contributed by atoms with E-state index in [1.54, 1.807) is 24.3 Å². The molecule has 0 aliphatic carbocycles. The van der Waals surface area contributed by atoms with E-state index in [0.717, 1.165) is 5.56 Å². The van der Waals surface area contributed by atoms with E-state index in [9.17, 15) is 24.3 Å². The van der Waals surface area contributed by atoms with Crippen molar-refractivity contribution < 1.29 is 24.3 Å². The van der Waals surface area contributed by atoms with Gasteiger partial charge in [0.1, 0.15) is 18.1 Å². The molecule has 1 aromatic heterocycles. The van der Waals surface area contributed by atoms with Crippen LogP contribution in [0.15, 0.2) is 42.9 Å². The van der Waals surface area contributed by atoms with E-state index in [2.05, 4.69) is 38.5 Å². The van der Waals surface area contributed by atoms with Gasteiger partial charge in [-0.15, -0.1) is 0 Å². The molecule has 0 spiro atoms. The van der Waals surface area contributed by atoms with Crippen molar-refractivity contribution in [2.45, 2.75) is 31.0 Å². The van der Waals surface area contributed by atoms with Gasteiger partial charge in [0.2, 0.25) is 17.7 Å². The third-order valence-electron chi connectivity index (χ3n) is 4.53. The van der Waals surface area contributed by atoms with Gasteiger partial charge < -0.3 is 31.8 Å². The summed E-state index contributed by atoms with van der Waals surface area (Å²) < 4.78 is 0. The summed E-state index contributed by atoms with van der Waals surface area (Å²) in [6, 6.07) is 5.66. The van der Waals surface area contributed by atoms with Crippen molar-refractivity contribution >= 4 is 36.3 Å². The number of hydrogen-bond donors (Lipinski definition) is 7. The van der Waals surface area contributed by atoms with Crippen LogP contribution < -0.4 is 21.7 Å². The van der Waals surface area contributed by atoms with Crippen LogP contribution in [0.2, 0.25) is 0 Å². The molecule has 2 rings (SSSR count). The number of rotatable bonds is 12. The molecule has 0 aliphatic rings. The van der Waals surface area contributed by atoms with E-state index in [1.807, 2.05) is 6.07 Å². The highest BCUT2D eigenvalue weighted by atomic mass is 32.1. The van der Waals surface area contributed by atoms with Crippen molar-refractivity contribution in [2.75, 3.05) is 12.3 Å². The highest BCUT2D eigenvalue weighted by molar-refractivity contribution is 7.80. The van der Waals surface area contributed by atoms with Gasteiger partial charge in [-0.3, -0.25) is 14.4 Å². The highest BCUT2D eigenvalue weighted by Gasteiger charge is 2.29. The Kier molecular flexibility index (Phi) is 9.70. The topological polar surface area (TPSA) is 179 Å². The Morgan fingerprint density at radius 2 is 1.66 bits per heavy atom. The van der Waals surface area contributed by atoms with Crippen LogP contribution >= 0.6 is 12.6 Å². The van der Waals surface area contributed by atoms with E-state index in [-0.39, 0.29) is 25.1 Å². The van der Waals surface area contributed by atoms with E-state index in [1.165, 1.54) is 12.5 Å². The van der Waals surface area contributed by atoms with Gasteiger partial charge in [-0.1, -0.05) is 30.3 Å². The monoisotopic (exact) mass is 462 g/mol. The number of carboxylic acid groups (broad SMARTS) is 1. The molecule has 0 saturated carbocycles. The van der Waals surface area contributed by atoms with Crippen LogP contribution in [-0.2, 0) is 32.0 Å². The Hall–Kier alpha value is -3.38. The maximum atomic E-state index is 12.8. The third-order valence-corrected chi connectivity index (χ3v) is 4.89. The third kappa shape index (κ3) is 7.71. The second-order valence-corrected chi connectivity index (χ2v) is 7.30. The van der Waals surface area contributed by atoms with Crippen LogP contribution in [0.25, 0.3) is 0 Å². The van der Waals surface area contributed by atoms with E-state index in [0.29, 0.717) is 5.69 Å². The maximum absolute atomic E-state index is 12.8. The van der Waals surface area contributed by atoms with Crippen LogP contribution in [0, 0.1) is 0 Å². The van der Waals surface area contributed by atoms with Gasteiger partial charge in [-0.25, -0.2) is 9.78 Å². The molecule has 1 aromatic carbocycles. The average molecular weight is 463 g/mol. The lowest BCUT2D eigenvalue weighted by Gasteiger charge is -2.23. The van der Waals surface area contributed by atoms with Crippen LogP contribution in [0.5, 0.6) is 0 Å². The quantitative estimate of drug-likeness (QED) is 0.190. The largest absolute Gasteiger partial charge is 0.480 e. The molecule has 11 nitrogen and oxygen atoms in total. The second kappa shape index (κ2) is 12.5. The van der Waals surface area contributed by atoms with E-state index in [4.69, 9.17) is 5.73 Å². The van der Waals surface area contributed by atoms with Gasteiger partial charge >= 0.3 is 5.97 Å². The van der Waals surface area contributed by atoms with Gasteiger partial charge in [0.25, 0.3) is 0 Å². The molecule has 3 unspecified atom stereocenters. The summed E-state index contributed by atoms with van der Waals surface area (Å²) in [5.74, 6) is -3.20. The lowest BCUT2D eigenvalue weighted by Crippen LogP contribution is -2.57. The number of aromatic nitrogens is 2. The molecule has 0 saturated heterocycles. The first kappa shape index (κ1) is 24.9. The first-order chi connectivity index (χ1) is 15.3. The number of hydrogen-bond acceptors (Lipinski definition) is 7. The molecule has 3 amide bonds. The molecular formula is C20H26N6O5S. The molecule has 172 valence electrons. The number of nitrogens with zero attached hydrogens (tertiary/aromatic N) is 1. The molecule has 7 N–H and O–H groups in total. The number of nitrogens with two attached hydrogens (primary N) is 1. The smallest absolute Gasteiger partial charge is 0.326 e. The minimum Gasteiger partial charge on any atom is -0.480 e. The van der Waals surface area contributed by atoms with Crippen molar-refractivity contribution in [2.24, 2.45) is 5.73 Å². The summed E-state index contributed by atoms with van der Waals surface area (Å²) in [7, 11) is 0. The summed E-state index contributed by atoms with van der Waals surface area (Å²) >= 11 is 4.10. The summed E-state index contributed by atoms with van der Waals surface area (Å²) in [6.07, 6.45) is 3.01. The summed E-state index contributed by atoms with van der Waals surface area (Å²) in [6.45, 7) is -0.303. The molecule has 3 atom stereocenters. The number of imidazole rings is 1.